The van der Waals surface area contributed by atoms with Crippen LogP contribution in [-0.4, -0.2) is 11.8 Å². The summed E-state index contributed by atoms with van der Waals surface area (Å²) in [5.74, 6) is -0.698. The SMILES string of the molecule is O=C(/C=C/Sc1ccccc1)NNC(=O)c1cccs1. The largest absolute Gasteiger partial charge is 0.279 e. The fourth-order valence-electron chi connectivity index (χ4n) is 1.30. The van der Waals surface area contributed by atoms with Gasteiger partial charge in [0.15, 0.2) is 0 Å². The highest BCUT2D eigenvalue weighted by Crippen LogP contribution is 2.17. The Hall–Kier alpha value is -2.05. The first-order valence-corrected chi connectivity index (χ1v) is 7.54. The molecule has 1 heterocycles. The van der Waals surface area contributed by atoms with Gasteiger partial charge in [-0.3, -0.25) is 20.4 Å². The van der Waals surface area contributed by atoms with Gasteiger partial charge in [0.05, 0.1) is 4.88 Å². The van der Waals surface area contributed by atoms with Gasteiger partial charge in [-0.2, -0.15) is 0 Å². The number of rotatable bonds is 4. The van der Waals surface area contributed by atoms with Crippen LogP contribution in [0.15, 0.2) is 64.2 Å². The molecule has 0 saturated heterocycles. The van der Waals surface area contributed by atoms with E-state index in [2.05, 4.69) is 10.9 Å². The van der Waals surface area contributed by atoms with Crippen molar-refractivity contribution >= 4 is 34.9 Å². The van der Waals surface area contributed by atoms with Crippen LogP contribution in [0.2, 0.25) is 0 Å². The maximum absolute atomic E-state index is 11.6. The second-order valence-corrected chi connectivity index (χ2v) is 5.58. The highest BCUT2D eigenvalue weighted by Gasteiger charge is 2.05. The molecule has 0 spiro atoms. The minimum Gasteiger partial charge on any atom is -0.268 e. The Labute approximate surface area is 124 Å². The molecule has 1 aromatic carbocycles. The average molecular weight is 304 g/mol. The predicted molar refractivity (Wildman–Crippen MR) is 81.4 cm³/mol. The molecule has 1 aromatic heterocycles. The Morgan fingerprint density at radius 1 is 1.05 bits per heavy atom. The summed E-state index contributed by atoms with van der Waals surface area (Å²) in [6, 6.07) is 13.2. The Kier molecular flexibility index (Phi) is 5.40. The van der Waals surface area contributed by atoms with Crippen molar-refractivity contribution in [3.05, 3.63) is 64.2 Å². The number of hydrogen-bond acceptors (Lipinski definition) is 4. The third kappa shape index (κ3) is 4.56. The molecule has 0 saturated carbocycles. The maximum Gasteiger partial charge on any atom is 0.279 e. The fraction of sp³-hybridized carbons (Fsp3) is 0. The maximum atomic E-state index is 11.6. The molecule has 4 nitrogen and oxygen atoms in total. The smallest absolute Gasteiger partial charge is 0.268 e. The summed E-state index contributed by atoms with van der Waals surface area (Å²) in [6.45, 7) is 0. The Balaban J connectivity index is 1.74. The van der Waals surface area contributed by atoms with Crippen LogP contribution in [0.25, 0.3) is 0 Å². The van der Waals surface area contributed by atoms with Gasteiger partial charge in [-0.25, -0.2) is 0 Å². The van der Waals surface area contributed by atoms with E-state index in [9.17, 15) is 9.59 Å². The first-order chi connectivity index (χ1) is 9.75. The van der Waals surface area contributed by atoms with Gasteiger partial charge in [0, 0.05) is 11.0 Å². The van der Waals surface area contributed by atoms with Crippen molar-refractivity contribution in [3.63, 3.8) is 0 Å². The molecule has 0 radical (unpaired) electrons. The van der Waals surface area contributed by atoms with Crippen molar-refractivity contribution in [1.29, 1.82) is 0 Å². The van der Waals surface area contributed by atoms with E-state index in [1.54, 1.807) is 22.9 Å². The summed E-state index contributed by atoms with van der Waals surface area (Å²) in [7, 11) is 0. The fourth-order valence-corrected chi connectivity index (χ4v) is 2.58. The summed E-state index contributed by atoms with van der Waals surface area (Å²) in [5.41, 5.74) is 4.67. The van der Waals surface area contributed by atoms with E-state index in [1.165, 1.54) is 29.2 Å². The summed E-state index contributed by atoms with van der Waals surface area (Å²) >= 11 is 2.74. The average Bonchev–Trinajstić information content (AvgIpc) is 3.00. The third-order valence-corrected chi connectivity index (χ3v) is 3.90. The molecule has 2 N–H and O–H groups in total. The normalized spacial score (nSPS) is 10.4. The lowest BCUT2D eigenvalue weighted by Crippen LogP contribution is -2.40. The van der Waals surface area contributed by atoms with Crippen molar-refractivity contribution in [2.45, 2.75) is 4.90 Å². The number of benzene rings is 1. The number of hydrazine groups is 1. The molecule has 0 aliphatic carbocycles. The van der Waals surface area contributed by atoms with E-state index >= 15 is 0 Å². The van der Waals surface area contributed by atoms with Crippen LogP contribution in [0.4, 0.5) is 0 Å². The zero-order chi connectivity index (χ0) is 14.2. The van der Waals surface area contributed by atoms with Gasteiger partial charge in [-0.15, -0.1) is 11.3 Å². The lowest BCUT2D eigenvalue weighted by atomic mass is 10.4. The lowest BCUT2D eigenvalue weighted by Gasteiger charge is -2.02. The molecule has 0 fully saturated rings. The van der Waals surface area contributed by atoms with Crippen molar-refractivity contribution in [2.24, 2.45) is 0 Å². The number of nitrogens with one attached hydrogen (secondary N) is 2. The second kappa shape index (κ2) is 7.52. The molecule has 6 heteroatoms. The number of thioether (sulfide) groups is 1. The Bertz CT molecular complexity index is 595. The van der Waals surface area contributed by atoms with Crippen LogP contribution in [-0.2, 0) is 4.79 Å². The van der Waals surface area contributed by atoms with Gasteiger partial charge in [-0.05, 0) is 29.0 Å². The number of thiophene rings is 1. The van der Waals surface area contributed by atoms with Crippen LogP contribution in [0.5, 0.6) is 0 Å². The summed E-state index contributed by atoms with van der Waals surface area (Å²) < 4.78 is 0. The van der Waals surface area contributed by atoms with Crippen LogP contribution in [0.3, 0.4) is 0 Å². The molecule has 0 atom stereocenters. The summed E-state index contributed by atoms with van der Waals surface area (Å²) in [4.78, 5) is 24.6. The van der Waals surface area contributed by atoms with Crippen molar-refractivity contribution < 1.29 is 9.59 Å². The quantitative estimate of drug-likeness (QED) is 0.519. The third-order valence-electron chi connectivity index (χ3n) is 2.21. The molecule has 0 aliphatic heterocycles. The van der Waals surface area contributed by atoms with Crippen molar-refractivity contribution in [2.75, 3.05) is 0 Å². The van der Waals surface area contributed by atoms with Gasteiger partial charge in [-0.1, -0.05) is 36.0 Å². The molecule has 102 valence electrons. The minimum absolute atomic E-state index is 0.322. The van der Waals surface area contributed by atoms with Crippen molar-refractivity contribution in [3.8, 4) is 0 Å². The summed E-state index contributed by atoms with van der Waals surface area (Å²) in [5, 5.41) is 3.47. The standard InChI is InChI=1S/C14H12N2O2S2/c17-13(8-10-19-11-5-2-1-3-6-11)15-16-14(18)12-7-4-9-20-12/h1-10H,(H,15,17)(H,16,18)/b10-8+. The van der Waals surface area contributed by atoms with Gasteiger partial charge < -0.3 is 0 Å². The van der Waals surface area contributed by atoms with E-state index in [4.69, 9.17) is 0 Å². The Morgan fingerprint density at radius 2 is 1.85 bits per heavy atom. The van der Waals surface area contributed by atoms with Gasteiger partial charge in [0.2, 0.25) is 0 Å². The molecule has 0 unspecified atom stereocenters. The minimum atomic E-state index is -0.377. The number of carbonyl (C=O) groups is 2. The zero-order valence-electron chi connectivity index (χ0n) is 10.4. The molecule has 2 aromatic rings. The first-order valence-electron chi connectivity index (χ1n) is 5.78. The van der Waals surface area contributed by atoms with E-state index in [-0.39, 0.29) is 11.8 Å². The highest BCUT2D eigenvalue weighted by molar-refractivity contribution is 8.02. The topological polar surface area (TPSA) is 58.2 Å². The summed E-state index contributed by atoms with van der Waals surface area (Å²) in [6.07, 6.45) is 1.37. The monoisotopic (exact) mass is 304 g/mol. The predicted octanol–water partition coefficient (Wildman–Crippen LogP) is 2.82. The van der Waals surface area contributed by atoms with Crippen LogP contribution in [0, 0.1) is 0 Å². The molecule has 0 bridgehead atoms. The van der Waals surface area contributed by atoms with Crippen LogP contribution >= 0.6 is 23.1 Å². The number of hydrogen-bond donors (Lipinski definition) is 2. The highest BCUT2D eigenvalue weighted by atomic mass is 32.2. The van der Waals surface area contributed by atoms with Gasteiger partial charge >= 0.3 is 0 Å². The van der Waals surface area contributed by atoms with E-state index < -0.39 is 0 Å². The van der Waals surface area contributed by atoms with Crippen LogP contribution < -0.4 is 10.9 Å². The van der Waals surface area contributed by atoms with Gasteiger partial charge in [0.25, 0.3) is 11.8 Å². The zero-order valence-corrected chi connectivity index (χ0v) is 12.0. The lowest BCUT2D eigenvalue weighted by molar-refractivity contribution is -0.117. The van der Waals surface area contributed by atoms with Crippen molar-refractivity contribution in [1.82, 2.24) is 10.9 Å². The molecule has 0 aliphatic rings. The van der Waals surface area contributed by atoms with E-state index in [0.29, 0.717) is 4.88 Å². The second-order valence-electron chi connectivity index (χ2n) is 3.65. The number of amides is 2. The molecular weight excluding hydrogens is 292 g/mol. The molecule has 2 rings (SSSR count). The Morgan fingerprint density at radius 3 is 2.55 bits per heavy atom. The molecule has 2 amide bonds. The number of carbonyl (C=O) groups excluding carboxylic acids is 2. The first kappa shape index (κ1) is 14.4. The van der Waals surface area contributed by atoms with Crippen LogP contribution in [0.1, 0.15) is 9.67 Å². The molecular formula is C14H12N2O2S2. The van der Waals surface area contributed by atoms with Gasteiger partial charge in [0.1, 0.15) is 0 Å². The molecule has 20 heavy (non-hydrogen) atoms. The van der Waals surface area contributed by atoms with E-state index in [0.717, 1.165) is 4.90 Å². The van der Waals surface area contributed by atoms with E-state index in [1.807, 2.05) is 30.3 Å².